The van der Waals surface area contributed by atoms with Crippen molar-refractivity contribution in [1.29, 1.82) is 0 Å². The molecule has 4 atom stereocenters. The van der Waals surface area contributed by atoms with Gasteiger partial charge in [-0.25, -0.2) is 0 Å². The monoisotopic (exact) mass is 331 g/mol. The smallest absolute Gasteiger partial charge is 0.267 e. The average Bonchev–Trinajstić information content (AvgIpc) is 3.48. The van der Waals surface area contributed by atoms with Gasteiger partial charge < -0.3 is 9.80 Å². The summed E-state index contributed by atoms with van der Waals surface area (Å²) in [5.74, 6) is 2.83. The van der Waals surface area contributed by atoms with E-state index in [0.717, 1.165) is 31.8 Å². The Kier molecular flexibility index (Phi) is 3.19. The molecule has 4 fully saturated rings. The molecule has 0 aromatic heterocycles. The quantitative estimate of drug-likeness (QED) is 0.815. The van der Waals surface area contributed by atoms with Crippen LogP contribution in [-0.2, 0) is 4.79 Å². The van der Waals surface area contributed by atoms with Crippen LogP contribution in [-0.4, -0.2) is 53.0 Å². The first-order valence-corrected chi connectivity index (χ1v) is 9.81. The first kappa shape index (κ1) is 15.0. The predicted octanol–water partition coefficient (Wildman–Crippen LogP) is 1.30. The number of piperidine rings is 1. The van der Waals surface area contributed by atoms with E-state index in [1.165, 1.54) is 31.5 Å². The average molecular weight is 331 g/mol. The van der Waals surface area contributed by atoms with Crippen molar-refractivity contribution in [3.8, 4) is 0 Å². The second-order valence-electron chi connectivity index (χ2n) is 8.60. The van der Waals surface area contributed by atoms with Crippen LogP contribution >= 0.6 is 0 Å². The Morgan fingerprint density at radius 1 is 1.33 bits per heavy atom. The summed E-state index contributed by atoms with van der Waals surface area (Å²) in [6.45, 7) is 6.32. The number of nitrogens with one attached hydrogen (secondary N) is 2. The molecule has 0 aromatic rings. The first-order valence-electron chi connectivity index (χ1n) is 9.81. The fraction of sp³-hybridized carbons (Fsp3) is 0.889. The number of piperazine rings is 1. The largest absolute Gasteiger partial charge is 0.333 e. The van der Waals surface area contributed by atoms with Gasteiger partial charge in [0.2, 0.25) is 0 Å². The van der Waals surface area contributed by atoms with Gasteiger partial charge in [-0.15, -0.1) is 0 Å². The van der Waals surface area contributed by atoms with Crippen LogP contribution in [0.3, 0.4) is 0 Å². The summed E-state index contributed by atoms with van der Waals surface area (Å²) in [6, 6.07) is 0.276. The van der Waals surface area contributed by atoms with E-state index in [0.29, 0.717) is 5.92 Å². The van der Waals surface area contributed by atoms with Crippen molar-refractivity contribution in [2.24, 2.45) is 22.4 Å². The summed E-state index contributed by atoms with van der Waals surface area (Å²) in [6.07, 6.45) is 7.22. The van der Waals surface area contributed by atoms with Crippen LogP contribution in [0.4, 0.5) is 0 Å². The maximum Gasteiger partial charge on any atom is 0.267 e. The zero-order valence-electron chi connectivity index (χ0n) is 14.8. The lowest BCUT2D eigenvalue weighted by atomic mass is 9.88. The number of amidine groups is 1. The van der Waals surface area contributed by atoms with Crippen LogP contribution in [0.15, 0.2) is 5.10 Å². The normalized spacial score (nSPS) is 39.9. The van der Waals surface area contributed by atoms with Crippen molar-refractivity contribution in [3.05, 3.63) is 0 Å². The van der Waals surface area contributed by atoms with E-state index in [1.54, 1.807) is 0 Å². The molecule has 5 aliphatic rings. The summed E-state index contributed by atoms with van der Waals surface area (Å²) >= 11 is 0. The van der Waals surface area contributed by atoms with Crippen LogP contribution in [0.25, 0.3) is 0 Å². The highest BCUT2D eigenvalue weighted by atomic mass is 16.2. The third-order valence-electron chi connectivity index (χ3n) is 6.77. The Morgan fingerprint density at radius 2 is 2.12 bits per heavy atom. The van der Waals surface area contributed by atoms with Gasteiger partial charge in [0.15, 0.2) is 6.17 Å². The van der Waals surface area contributed by atoms with E-state index < -0.39 is 0 Å². The molecule has 0 radical (unpaired) electrons. The highest BCUT2D eigenvalue weighted by Crippen LogP contribution is 2.63. The first-order chi connectivity index (χ1) is 11.7. The van der Waals surface area contributed by atoms with Crippen molar-refractivity contribution in [3.63, 3.8) is 0 Å². The van der Waals surface area contributed by atoms with E-state index in [2.05, 4.69) is 34.4 Å². The Bertz CT molecular complexity index is 582. The van der Waals surface area contributed by atoms with Crippen molar-refractivity contribution < 1.29 is 4.79 Å². The molecule has 2 saturated carbocycles. The molecule has 3 heterocycles. The van der Waals surface area contributed by atoms with Crippen molar-refractivity contribution >= 4 is 11.7 Å². The van der Waals surface area contributed by atoms with Gasteiger partial charge in [0, 0.05) is 12.0 Å². The number of hydrogen-bond acceptors (Lipinski definition) is 5. The van der Waals surface area contributed by atoms with Crippen molar-refractivity contribution in [1.82, 2.24) is 20.5 Å². The van der Waals surface area contributed by atoms with Crippen molar-refractivity contribution in [2.75, 3.05) is 13.1 Å². The molecule has 0 aromatic carbocycles. The Balaban J connectivity index is 1.48. The molecular formula is C18H29N5O. The molecule has 4 unspecified atom stereocenters. The summed E-state index contributed by atoms with van der Waals surface area (Å²) in [5.41, 5.74) is 3.48. The lowest BCUT2D eigenvalue weighted by Crippen LogP contribution is -2.74. The second kappa shape index (κ2) is 5.10. The van der Waals surface area contributed by atoms with Gasteiger partial charge in [0.05, 0.1) is 6.04 Å². The minimum Gasteiger partial charge on any atom is -0.333 e. The second-order valence-corrected chi connectivity index (χ2v) is 8.60. The van der Waals surface area contributed by atoms with Crippen LogP contribution in [0.5, 0.6) is 0 Å². The number of rotatable bonds is 4. The van der Waals surface area contributed by atoms with E-state index >= 15 is 0 Å². The van der Waals surface area contributed by atoms with Crippen LogP contribution in [0.1, 0.15) is 52.4 Å². The molecule has 3 aliphatic heterocycles. The lowest BCUT2D eigenvalue weighted by Gasteiger charge is -2.53. The summed E-state index contributed by atoms with van der Waals surface area (Å²) in [4.78, 5) is 17.6. The number of carbonyl (C=O) groups is 1. The number of fused-ring (bicyclic) bond motifs is 3. The molecule has 6 heteroatoms. The minimum atomic E-state index is -0.287. The van der Waals surface area contributed by atoms with Crippen LogP contribution in [0.2, 0.25) is 0 Å². The van der Waals surface area contributed by atoms with Gasteiger partial charge in [-0.1, -0.05) is 13.8 Å². The van der Waals surface area contributed by atoms with E-state index in [-0.39, 0.29) is 29.7 Å². The molecule has 132 valence electrons. The van der Waals surface area contributed by atoms with E-state index in [4.69, 9.17) is 5.10 Å². The van der Waals surface area contributed by atoms with Crippen LogP contribution in [0, 0.1) is 17.3 Å². The van der Waals surface area contributed by atoms with Gasteiger partial charge in [-0.3, -0.25) is 15.5 Å². The third kappa shape index (κ3) is 1.98. The van der Waals surface area contributed by atoms with E-state index in [1.807, 2.05) is 0 Å². The Hall–Kier alpha value is -1.30. The van der Waals surface area contributed by atoms with Gasteiger partial charge in [-0.2, -0.15) is 5.10 Å². The zero-order valence-corrected chi connectivity index (χ0v) is 14.8. The van der Waals surface area contributed by atoms with Gasteiger partial charge in [-0.05, 0) is 56.9 Å². The van der Waals surface area contributed by atoms with Gasteiger partial charge in [0.25, 0.3) is 5.91 Å². The van der Waals surface area contributed by atoms with Gasteiger partial charge in [0.1, 0.15) is 12.0 Å². The molecule has 0 spiro atoms. The number of carbonyl (C=O) groups excluding carboxylic acids is 1. The summed E-state index contributed by atoms with van der Waals surface area (Å²) in [7, 11) is 0. The SMILES string of the molecule is CCCN1C(=O)C2NN=C(C3(C4CC4)CC3)N2C2NCC(C)CC21. The Labute approximate surface area is 144 Å². The number of nitrogens with zero attached hydrogens (tertiary/aromatic N) is 3. The molecule has 6 nitrogen and oxygen atoms in total. The predicted molar refractivity (Wildman–Crippen MR) is 92.0 cm³/mol. The van der Waals surface area contributed by atoms with Gasteiger partial charge >= 0.3 is 0 Å². The highest BCUT2D eigenvalue weighted by molar-refractivity contribution is 5.98. The maximum absolute atomic E-state index is 13.2. The zero-order chi connectivity index (χ0) is 16.5. The molecule has 0 bridgehead atoms. The summed E-state index contributed by atoms with van der Waals surface area (Å²) < 4.78 is 0. The fourth-order valence-corrected chi connectivity index (χ4v) is 5.29. The van der Waals surface area contributed by atoms with Crippen LogP contribution < -0.4 is 10.7 Å². The lowest BCUT2D eigenvalue weighted by molar-refractivity contribution is -0.151. The topological polar surface area (TPSA) is 60.0 Å². The standard InChI is InChI=1S/C18H29N5O/c1-3-8-22-13-9-11(2)10-19-14(13)23-15(16(22)24)20-21-17(23)18(6-7-18)12-4-5-12/h11-15,19-20H,3-10H2,1-2H3. The molecular weight excluding hydrogens is 302 g/mol. The summed E-state index contributed by atoms with van der Waals surface area (Å²) in [5, 5.41) is 8.49. The Morgan fingerprint density at radius 3 is 2.79 bits per heavy atom. The highest BCUT2D eigenvalue weighted by Gasteiger charge is 2.63. The number of hydrazone groups is 1. The molecule has 5 rings (SSSR count). The molecule has 2 aliphatic carbocycles. The fourth-order valence-electron chi connectivity index (χ4n) is 5.29. The molecule has 2 N–H and O–H groups in total. The van der Waals surface area contributed by atoms with Crippen molar-refractivity contribution in [2.45, 2.75) is 70.7 Å². The maximum atomic E-state index is 13.2. The molecule has 2 saturated heterocycles. The number of amides is 1. The molecule has 1 amide bonds. The van der Waals surface area contributed by atoms with E-state index in [9.17, 15) is 4.79 Å². The molecule has 24 heavy (non-hydrogen) atoms. The minimum absolute atomic E-state index is 0.222. The third-order valence-corrected chi connectivity index (χ3v) is 6.77. The number of hydrogen-bond donors (Lipinski definition) is 2.